The van der Waals surface area contributed by atoms with E-state index < -0.39 is 0 Å². The van der Waals surface area contributed by atoms with Gasteiger partial charge in [0.1, 0.15) is 12.3 Å². The maximum absolute atomic E-state index is 13.0. The number of allylic oxidation sites excluding steroid dienone is 1. The number of ether oxygens (including phenoxy) is 4. The molecule has 30 heavy (non-hydrogen) atoms. The van der Waals surface area contributed by atoms with Crippen molar-refractivity contribution in [2.75, 3.05) is 34.4 Å². The number of rotatable bonds is 6. The van der Waals surface area contributed by atoms with Gasteiger partial charge in [-0.05, 0) is 30.3 Å². The van der Waals surface area contributed by atoms with Gasteiger partial charge in [0.2, 0.25) is 11.5 Å². The zero-order valence-electron chi connectivity index (χ0n) is 17.4. The number of nitrogens with one attached hydrogen (secondary N) is 1. The maximum Gasteiger partial charge on any atom is 0.231 e. The van der Waals surface area contributed by atoms with Crippen molar-refractivity contribution in [1.29, 1.82) is 0 Å². The van der Waals surface area contributed by atoms with E-state index in [9.17, 15) is 9.90 Å². The number of methoxy groups -OCH3 is 3. The van der Waals surface area contributed by atoms with Crippen molar-refractivity contribution in [2.45, 2.75) is 19.4 Å². The molecule has 0 aromatic heterocycles. The molecule has 0 spiro atoms. The number of likely N-dealkylation sites (tertiary alicyclic amines) is 1. The topological polar surface area (TPSA) is 78.7 Å². The molecule has 0 aliphatic carbocycles. The summed E-state index contributed by atoms with van der Waals surface area (Å²) in [6.07, 6.45) is 3.98. The molecular formula is C23H26NO6+. The van der Waals surface area contributed by atoms with Crippen LogP contribution in [0.4, 0.5) is 0 Å². The Bertz CT molecular complexity index is 1010. The highest BCUT2D eigenvalue weighted by molar-refractivity contribution is 6.15. The molecule has 2 aliphatic heterocycles. The second-order valence-corrected chi connectivity index (χ2v) is 7.44. The number of phenolic OH excluding ortho intramolecular Hbond substituents is 1. The number of carbonyl (C=O) groups excluding carboxylic acids is 1. The Kier molecular flexibility index (Phi) is 5.55. The normalized spacial score (nSPS) is 17.2. The summed E-state index contributed by atoms with van der Waals surface area (Å²) >= 11 is 0. The summed E-state index contributed by atoms with van der Waals surface area (Å²) in [6.45, 7) is 2.75. The zero-order chi connectivity index (χ0) is 21.3. The predicted octanol–water partition coefficient (Wildman–Crippen LogP) is 2.21. The van der Waals surface area contributed by atoms with E-state index in [0.29, 0.717) is 46.2 Å². The number of aromatic hydroxyl groups is 1. The summed E-state index contributed by atoms with van der Waals surface area (Å²) in [5.41, 5.74) is 1.77. The van der Waals surface area contributed by atoms with E-state index in [2.05, 4.69) is 0 Å². The van der Waals surface area contributed by atoms with Crippen LogP contribution in [0.5, 0.6) is 28.7 Å². The van der Waals surface area contributed by atoms with Crippen molar-refractivity contribution < 1.29 is 33.7 Å². The molecule has 0 atom stereocenters. The summed E-state index contributed by atoms with van der Waals surface area (Å²) in [5, 5.41) is 10.4. The lowest BCUT2D eigenvalue weighted by Gasteiger charge is -2.15. The number of carbonyl (C=O) groups is 1. The van der Waals surface area contributed by atoms with Crippen LogP contribution in [-0.4, -0.2) is 45.3 Å². The van der Waals surface area contributed by atoms with Crippen LogP contribution in [0.25, 0.3) is 6.08 Å². The van der Waals surface area contributed by atoms with Crippen LogP contribution in [0.15, 0.2) is 30.0 Å². The van der Waals surface area contributed by atoms with Crippen LogP contribution in [0.1, 0.15) is 34.3 Å². The summed E-state index contributed by atoms with van der Waals surface area (Å²) in [7, 11) is 4.60. The minimum atomic E-state index is -0.223. The van der Waals surface area contributed by atoms with Gasteiger partial charge in [-0.1, -0.05) is 0 Å². The standard InChI is InChI=1S/C23H25NO6/c1-27-18-9-6-14(21(28-2)23(18)29-3)12-19-20(26)15-7-8-17(25)16(22(15)30-19)13-24-10-4-5-11-24/h6-9,12,25H,4-5,10-11,13H2,1-3H3/p+1/b19-12+. The first-order valence-electron chi connectivity index (χ1n) is 9.99. The van der Waals surface area contributed by atoms with Gasteiger partial charge in [-0.15, -0.1) is 0 Å². The Labute approximate surface area is 175 Å². The number of Topliss-reactive ketones (excluding diaryl/α,β-unsaturated/α-hetero) is 1. The number of phenols is 1. The average Bonchev–Trinajstić information content (AvgIpc) is 3.38. The molecule has 1 fully saturated rings. The second-order valence-electron chi connectivity index (χ2n) is 7.44. The highest BCUT2D eigenvalue weighted by Crippen LogP contribution is 2.43. The van der Waals surface area contributed by atoms with E-state index in [-0.39, 0.29) is 17.3 Å². The van der Waals surface area contributed by atoms with E-state index in [4.69, 9.17) is 18.9 Å². The van der Waals surface area contributed by atoms with Gasteiger partial charge in [0.15, 0.2) is 23.0 Å². The van der Waals surface area contributed by atoms with Crippen LogP contribution < -0.4 is 23.8 Å². The molecule has 4 rings (SSSR count). The number of fused-ring (bicyclic) bond motifs is 1. The first kappa shape index (κ1) is 20.1. The minimum Gasteiger partial charge on any atom is -0.507 e. The van der Waals surface area contributed by atoms with Crippen molar-refractivity contribution in [1.82, 2.24) is 0 Å². The van der Waals surface area contributed by atoms with E-state index >= 15 is 0 Å². The third-order valence-corrected chi connectivity index (χ3v) is 5.67. The lowest BCUT2D eigenvalue weighted by Crippen LogP contribution is -3.08. The molecule has 0 radical (unpaired) electrons. The zero-order valence-corrected chi connectivity index (χ0v) is 17.4. The van der Waals surface area contributed by atoms with Gasteiger partial charge in [-0.3, -0.25) is 4.79 Å². The van der Waals surface area contributed by atoms with Crippen LogP contribution in [0, 0.1) is 0 Å². The van der Waals surface area contributed by atoms with Crippen LogP contribution in [0.2, 0.25) is 0 Å². The van der Waals surface area contributed by atoms with Crippen LogP contribution >= 0.6 is 0 Å². The van der Waals surface area contributed by atoms with Gasteiger partial charge in [-0.25, -0.2) is 0 Å². The van der Waals surface area contributed by atoms with Gasteiger partial charge in [0.25, 0.3) is 0 Å². The fraction of sp³-hybridized carbons (Fsp3) is 0.348. The highest BCUT2D eigenvalue weighted by atomic mass is 16.5. The maximum atomic E-state index is 13.0. The summed E-state index contributed by atoms with van der Waals surface area (Å²) in [5.74, 6) is 1.98. The molecule has 2 aromatic rings. The molecule has 0 amide bonds. The van der Waals surface area contributed by atoms with E-state index in [1.54, 1.807) is 37.5 Å². The van der Waals surface area contributed by atoms with Crippen molar-refractivity contribution in [3.05, 3.63) is 46.7 Å². The molecule has 1 saturated heterocycles. The molecule has 0 unspecified atom stereocenters. The van der Waals surface area contributed by atoms with Gasteiger partial charge >= 0.3 is 0 Å². The lowest BCUT2D eigenvalue weighted by molar-refractivity contribution is -0.901. The van der Waals surface area contributed by atoms with Crippen molar-refractivity contribution in [2.24, 2.45) is 0 Å². The number of hydrogen-bond acceptors (Lipinski definition) is 6. The Morgan fingerprint density at radius 2 is 1.77 bits per heavy atom. The summed E-state index contributed by atoms with van der Waals surface area (Å²) in [6, 6.07) is 6.71. The van der Waals surface area contributed by atoms with E-state index in [0.717, 1.165) is 13.1 Å². The Balaban J connectivity index is 1.72. The van der Waals surface area contributed by atoms with Gasteiger partial charge < -0.3 is 29.0 Å². The van der Waals surface area contributed by atoms with E-state index in [1.165, 1.54) is 32.0 Å². The third kappa shape index (κ3) is 3.45. The Morgan fingerprint density at radius 1 is 1.03 bits per heavy atom. The molecule has 158 valence electrons. The number of ketones is 1. The van der Waals surface area contributed by atoms with Crippen LogP contribution in [0.3, 0.4) is 0 Å². The monoisotopic (exact) mass is 412 g/mol. The second kappa shape index (κ2) is 8.28. The van der Waals surface area contributed by atoms with Gasteiger partial charge in [0.05, 0.1) is 45.5 Å². The molecule has 2 aliphatic rings. The predicted molar refractivity (Wildman–Crippen MR) is 111 cm³/mol. The molecule has 2 heterocycles. The first-order valence-corrected chi connectivity index (χ1v) is 9.99. The first-order chi connectivity index (χ1) is 14.6. The Hall–Kier alpha value is -3.19. The van der Waals surface area contributed by atoms with Crippen LogP contribution in [-0.2, 0) is 6.54 Å². The SMILES string of the molecule is COc1ccc(/C=C2/Oc3c(ccc(O)c3C[NH+]3CCCC3)C2=O)c(OC)c1OC. The smallest absolute Gasteiger partial charge is 0.231 e. The van der Waals surface area contributed by atoms with Gasteiger partial charge in [0, 0.05) is 18.4 Å². The fourth-order valence-electron chi connectivity index (χ4n) is 4.15. The Morgan fingerprint density at radius 3 is 2.43 bits per heavy atom. The average molecular weight is 412 g/mol. The van der Waals surface area contributed by atoms with Crippen molar-refractivity contribution in [3.63, 3.8) is 0 Å². The van der Waals surface area contributed by atoms with E-state index in [1.807, 2.05) is 0 Å². The minimum absolute atomic E-state index is 0.158. The third-order valence-electron chi connectivity index (χ3n) is 5.67. The number of hydrogen-bond donors (Lipinski definition) is 2. The van der Waals surface area contributed by atoms with Crippen molar-refractivity contribution >= 4 is 11.9 Å². The molecule has 2 aromatic carbocycles. The summed E-state index contributed by atoms with van der Waals surface area (Å²) in [4.78, 5) is 14.4. The molecule has 2 N–H and O–H groups in total. The number of quaternary nitrogens is 1. The van der Waals surface area contributed by atoms with Crippen molar-refractivity contribution in [3.8, 4) is 28.7 Å². The highest BCUT2D eigenvalue weighted by Gasteiger charge is 2.33. The molecular weight excluding hydrogens is 386 g/mol. The molecule has 7 nitrogen and oxygen atoms in total. The number of benzene rings is 2. The molecule has 7 heteroatoms. The fourth-order valence-corrected chi connectivity index (χ4v) is 4.15. The summed E-state index contributed by atoms with van der Waals surface area (Å²) < 4.78 is 22.2. The molecule has 0 saturated carbocycles. The molecule has 0 bridgehead atoms. The van der Waals surface area contributed by atoms with Gasteiger partial charge in [-0.2, -0.15) is 0 Å². The quantitative estimate of drug-likeness (QED) is 0.709. The lowest BCUT2D eigenvalue weighted by atomic mass is 10.0. The largest absolute Gasteiger partial charge is 0.507 e.